The maximum absolute atomic E-state index is 10.7. The molecule has 1 aromatic rings. The number of anilines is 1. The van der Waals surface area contributed by atoms with Crippen LogP contribution in [0.5, 0.6) is 0 Å². The van der Waals surface area contributed by atoms with E-state index in [-0.39, 0.29) is 0 Å². The van der Waals surface area contributed by atoms with Crippen LogP contribution in [0.3, 0.4) is 0 Å². The number of rotatable bonds is 2. The van der Waals surface area contributed by atoms with Crippen molar-refractivity contribution in [2.24, 2.45) is 5.73 Å². The Balaban J connectivity index is 2.97. The lowest BCUT2D eigenvalue weighted by Gasteiger charge is -1.97. The molecule has 0 saturated carbocycles. The van der Waals surface area contributed by atoms with Crippen molar-refractivity contribution in [2.45, 2.75) is 6.92 Å². The smallest absolute Gasteiger partial charge is 0.244 e. The Morgan fingerprint density at radius 2 is 2.15 bits per heavy atom. The topological polar surface area (TPSA) is 69.1 Å². The molecule has 0 spiro atoms. The van der Waals surface area contributed by atoms with Crippen molar-refractivity contribution in [3.63, 3.8) is 0 Å². The Morgan fingerprint density at radius 3 is 2.69 bits per heavy atom. The number of benzene rings is 1. The van der Waals surface area contributed by atoms with Crippen molar-refractivity contribution in [1.29, 1.82) is 0 Å². The van der Waals surface area contributed by atoms with Gasteiger partial charge >= 0.3 is 0 Å². The van der Waals surface area contributed by atoms with Gasteiger partial charge in [-0.25, -0.2) is 0 Å². The summed E-state index contributed by atoms with van der Waals surface area (Å²) < 4.78 is 0. The lowest BCUT2D eigenvalue weighted by Crippen LogP contribution is -2.11. The molecule has 0 heterocycles. The lowest BCUT2D eigenvalue weighted by molar-refractivity contribution is -0.114. The van der Waals surface area contributed by atoms with Crippen LogP contribution >= 0.6 is 0 Å². The van der Waals surface area contributed by atoms with E-state index in [4.69, 9.17) is 11.5 Å². The van der Waals surface area contributed by atoms with Crippen LogP contribution in [0, 0.1) is 0 Å². The average Bonchev–Trinajstić information content (AvgIpc) is 2.04. The second kappa shape index (κ2) is 3.76. The quantitative estimate of drug-likeness (QED) is 0.524. The fraction of sp³-hybridized carbons (Fsp3) is 0.100. The zero-order chi connectivity index (χ0) is 9.84. The Labute approximate surface area is 77.0 Å². The van der Waals surface area contributed by atoms with Crippen molar-refractivity contribution < 1.29 is 4.79 Å². The van der Waals surface area contributed by atoms with Crippen molar-refractivity contribution in [1.82, 2.24) is 0 Å². The van der Waals surface area contributed by atoms with Crippen molar-refractivity contribution >= 4 is 17.7 Å². The number of nitrogen functional groups attached to an aromatic ring is 1. The molecule has 0 saturated heterocycles. The van der Waals surface area contributed by atoms with Crippen molar-refractivity contribution in [3.05, 3.63) is 35.4 Å². The van der Waals surface area contributed by atoms with Gasteiger partial charge in [-0.05, 0) is 30.7 Å². The molecule has 0 aliphatic carbocycles. The molecule has 0 unspecified atom stereocenters. The van der Waals surface area contributed by atoms with Gasteiger partial charge in [0, 0.05) is 11.3 Å². The highest BCUT2D eigenvalue weighted by molar-refractivity contribution is 5.96. The summed E-state index contributed by atoms with van der Waals surface area (Å²) in [4.78, 5) is 10.7. The molecule has 0 aromatic heterocycles. The van der Waals surface area contributed by atoms with Crippen LogP contribution in [-0.4, -0.2) is 5.91 Å². The van der Waals surface area contributed by atoms with Gasteiger partial charge < -0.3 is 11.5 Å². The van der Waals surface area contributed by atoms with Crippen LogP contribution in [0.4, 0.5) is 5.69 Å². The zero-order valence-corrected chi connectivity index (χ0v) is 7.45. The summed E-state index contributed by atoms with van der Waals surface area (Å²) in [6.07, 6.45) is 1.71. The molecule has 0 aliphatic rings. The van der Waals surface area contributed by atoms with E-state index in [2.05, 4.69) is 0 Å². The van der Waals surface area contributed by atoms with E-state index in [9.17, 15) is 4.79 Å². The molecule has 3 heteroatoms. The summed E-state index contributed by atoms with van der Waals surface area (Å²) in [5, 5.41) is 0. The molecule has 0 bridgehead atoms. The number of nitrogens with two attached hydrogens (primary N) is 2. The Morgan fingerprint density at radius 1 is 1.46 bits per heavy atom. The summed E-state index contributed by atoms with van der Waals surface area (Å²) in [5.74, 6) is -0.414. The van der Waals surface area contributed by atoms with Gasteiger partial charge in [-0.3, -0.25) is 4.79 Å². The van der Waals surface area contributed by atoms with Crippen LogP contribution in [0.25, 0.3) is 6.08 Å². The Kier molecular flexibility index (Phi) is 2.69. The molecule has 1 rings (SSSR count). The highest BCUT2D eigenvalue weighted by Gasteiger charge is 1.96. The molecular weight excluding hydrogens is 164 g/mol. The third kappa shape index (κ3) is 2.63. The van der Waals surface area contributed by atoms with Crippen LogP contribution in [-0.2, 0) is 4.79 Å². The molecule has 0 radical (unpaired) electrons. The number of hydrogen-bond donors (Lipinski definition) is 2. The minimum Gasteiger partial charge on any atom is -0.399 e. The first kappa shape index (κ1) is 9.32. The highest BCUT2D eigenvalue weighted by atomic mass is 16.1. The fourth-order valence-electron chi connectivity index (χ4n) is 0.970. The van der Waals surface area contributed by atoms with Crippen molar-refractivity contribution in [3.8, 4) is 0 Å². The van der Waals surface area contributed by atoms with Gasteiger partial charge in [-0.15, -0.1) is 0 Å². The van der Waals surface area contributed by atoms with Crippen LogP contribution in [0.15, 0.2) is 29.8 Å². The third-order valence-electron chi connectivity index (χ3n) is 1.68. The number of amides is 1. The lowest BCUT2D eigenvalue weighted by atomic mass is 10.1. The molecule has 4 N–H and O–H groups in total. The van der Waals surface area contributed by atoms with Gasteiger partial charge in [0.2, 0.25) is 5.91 Å². The maximum Gasteiger partial charge on any atom is 0.244 e. The molecule has 3 nitrogen and oxygen atoms in total. The monoisotopic (exact) mass is 176 g/mol. The summed E-state index contributed by atoms with van der Waals surface area (Å²) in [7, 11) is 0. The standard InChI is InChI=1S/C10H12N2O/c1-7(10(12)13)5-8-3-2-4-9(11)6-8/h2-6H,11H2,1H3,(H2,12,13). The van der Waals surface area contributed by atoms with Gasteiger partial charge in [0.1, 0.15) is 0 Å². The van der Waals surface area contributed by atoms with E-state index >= 15 is 0 Å². The van der Waals surface area contributed by atoms with E-state index in [1.165, 1.54) is 0 Å². The molecule has 1 amide bonds. The number of primary amides is 1. The van der Waals surface area contributed by atoms with Crippen molar-refractivity contribution in [2.75, 3.05) is 5.73 Å². The van der Waals surface area contributed by atoms with E-state index in [0.717, 1.165) is 5.56 Å². The zero-order valence-electron chi connectivity index (χ0n) is 7.45. The molecule has 0 fully saturated rings. The van der Waals surface area contributed by atoms with Crippen LogP contribution in [0.2, 0.25) is 0 Å². The highest BCUT2D eigenvalue weighted by Crippen LogP contribution is 2.10. The third-order valence-corrected chi connectivity index (χ3v) is 1.68. The van der Waals surface area contributed by atoms with Crippen LogP contribution in [0.1, 0.15) is 12.5 Å². The van der Waals surface area contributed by atoms with Gasteiger partial charge in [0.15, 0.2) is 0 Å². The molecule has 1 aromatic carbocycles. The normalized spacial score (nSPS) is 11.3. The first-order valence-corrected chi connectivity index (χ1v) is 3.93. The second-order valence-electron chi connectivity index (χ2n) is 2.86. The van der Waals surface area contributed by atoms with Gasteiger partial charge in [0.05, 0.1) is 0 Å². The Bertz CT molecular complexity index is 356. The van der Waals surface area contributed by atoms with E-state index in [0.29, 0.717) is 11.3 Å². The number of carbonyl (C=O) groups excluding carboxylic acids is 1. The summed E-state index contributed by atoms with van der Waals surface area (Å²) in [5.41, 5.74) is 12.7. The summed E-state index contributed by atoms with van der Waals surface area (Å²) in [6, 6.07) is 7.27. The molecule has 0 atom stereocenters. The molecule has 68 valence electrons. The van der Waals surface area contributed by atoms with Gasteiger partial charge in [-0.2, -0.15) is 0 Å². The molecule has 0 aliphatic heterocycles. The SMILES string of the molecule is CC(=Cc1cccc(N)c1)C(N)=O. The fourth-order valence-corrected chi connectivity index (χ4v) is 0.970. The minimum absolute atomic E-state index is 0.414. The number of carbonyl (C=O) groups is 1. The summed E-state index contributed by atoms with van der Waals surface area (Å²) >= 11 is 0. The molecule has 13 heavy (non-hydrogen) atoms. The van der Waals surface area contributed by atoms with E-state index in [1.54, 1.807) is 25.1 Å². The largest absolute Gasteiger partial charge is 0.399 e. The predicted molar refractivity (Wildman–Crippen MR) is 53.7 cm³/mol. The average molecular weight is 176 g/mol. The second-order valence-corrected chi connectivity index (χ2v) is 2.86. The number of hydrogen-bond acceptors (Lipinski definition) is 2. The van der Waals surface area contributed by atoms with E-state index in [1.807, 2.05) is 12.1 Å². The van der Waals surface area contributed by atoms with Crippen LogP contribution < -0.4 is 11.5 Å². The first-order chi connectivity index (χ1) is 6.09. The van der Waals surface area contributed by atoms with E-state index < -0.39 is 5.91 Å². The maximum atomic E-state index is 10.7. The molecular formula is C10H12N2O. The summed E-state index contributed by atoms with van der Waals surface area (Å²) in [6.45, 7) is 1.67. The Hall–Kier alpha value is -1.77. The first-order valence-electron chi connectivity index (χ1n) is 3.93. The minimum atomic E-state index is -0.414. The predicted octanol–water partition coefficient (Wildman–Crippen LogP) is 1.16. The van der Waals surface area contributed by atoms with Gasteiger partial charge in [0.25, 0.3) is 0 Å². The van der Waals surface area contributed by atoms with Gasteiger partial charge in [-0.1, -0.05) is 12.1 Å².